The summed E-state index contributed by atoms with van der Waals surface area (Å²) in [6.45, 7) is 4.92. The number of nitrogens with one attached hydrogen (secondary N) is 2. The molecule has 6 heteroatoms. The number of rotatable bonds is 6. The molecule has 4 nitrogen and oxygen atoms in total. The van der Waals surface area contributed by atoms with Crippen molar-refractivity contribution < 1.29 is 0 Å². The molecule has 0 aliphatic rings. The van der Waals surface area contributed by atoms with E-state index < -0.39 is 0 Å². The summed E-state index contributed by atoms with van der Waals surface area (Å²) in [6, 6.07) is 4.39. The number of halogens is 1. The van der Waals surface area contributed by atoms with Crippen LogP contribution >= 0.6 is 22.9 Å². The molecule has 2 N–H and O–H groups in total. The summed E-state index contributed by atoms with van der Waals surface area (Å²) >= 11 is 7.88. The van der Waals surface area contributed by atoms with E-state index in [2.05, 4.69) is 45.0 Å². The lowest BCUT2D eigenvalue weighted by atomic mass is 10.2. The lowest BCUT2D eigenvalue weighted by Gasteiger charge is -2.17. The predicted molar refractivity (Wildman–Crippen MR) is 82.2 cm³/mol. The second-order valence-corrected chi connectivity index (χ2v) is 5.43. The largest absolute Gasteiger partial charge is 0.361 e. The maximum absolute atomic E-state index is 6.15. The van der Waals surface area contributed by atoms with Gasteiger partial charge in [0, 0.05) is 11.4 Å². The van der Waals surface area contributed by atoms with E-state index in [0.29, 0.717) is 16.8 Å². The van der Waals surface area contributed by atoms with Gasteiger partial charge in [0.25, 0.3) is 0 Å². The van der Waals surface area contributed by atoms with E-state index in [-0.39, 0.29) is 6.04 Å². The minimum absolute atomic E-state index is 0.224. The molecule has 0 aromatic carbocycles. The molecule has 0 aliphatic heterocycles. The standard InChI is InChI=1S/C13H17ClN4S/c1-3-10(11-6-5-7-19-11)17-12-9(14)8-16-13(18-12)15-4-2/h5-8,10H,3-4H2,1-2H3,(H2,15,16,17,18). The van der Waals surface area contributed by atoms with Crippen molar-refractivity contribution in [3.8, 4) is 0 Å². The lowest BCUT2D eigenvalue weighted by Crippen LogP contribution is -2.11. The van der Waals surface area contributed by atoms with Crippen molar-refractivity contribution in [1.82, 2.24) is 9.97 Å². The van der Waals surface area contributed by atoms with Gasteiger partial charge in [-0.25, -0.2) is 4.98 Å². The summed E-state index contributed by atoms with van der Waals surface area (Å²) in [4.78, 5) is 9.81. The fourth-order valence-electron chi connectivity index (χ4n) is 1.74. The van der Waals surface area contributed by atoms with Crippen LogP contribution in [-0.4, -0.2) is 16.5 Å². The first-order chi connectivity index (χ1) is 9.24. The van der Waals surface area contributed by atoms with E-state index in [9.17, 15) is 0 Å². The Labute approximate surface area is 122 Å². The molecule has 0 radical (unpaired) electrons. The fourth-order valence-corrected chi connectivity index (χ4v) is 2.75. The summed E-state index contributed by atoms with van der Waals surface area (Å²) in [5.74, 6) is 1.27. The highest BCUT2D eigenvalue weighted by Crippen LogP contribution is 2.28. The SMILES string of the molecule is CCNc1ncc(Cl)c(NC(CC)c2cccs2)n1. The Bertz CT molecular complexity index is 515. The van der Waals surface area contributed by atoms with Crippen molar-refractivity contribution in [1.29, 1.82) is 0 Å². The molecule has 0 bridgehead atoms. The molecule has 0 saturated carbocycles. The molecular formula is C13H17ClN4S. The zero-order chi connectivity index (χ0) is 13.7. The fraction of sp³-hybridized carbons (Fsp3) is 0.385. The molecule has 1 atom stereocenters. The van der Waals surface area contributed by atoms with Crippen molar-refractivity contribution in [3.63, 3.8) is 0 Å². The monoisotopic (exact) mass is 296 g/mol. The average molecular weight is 297 g/mol. The van der Waals surface area contributed by atoms with Crippen LogP contribution in [0.15, 0.2) is 23.7 Å². The third-order valence-corrected chi connectivity index (χ3v) is 3.95. The van der Waals surface area contributed by atoms with Crippen LogP contribution in [0.3, 0.4) is 0 Å². The van der Waals surface area contributed by atoms with Crippen LogP contribution in [-0.2, 0) is 0 Å². The van der Waals surface area contributed by atoms with Gasteiger partial charge in [0.05, 0.1) is 12.2 Å². The Morgan fingerprint density at radius 1 is 1.42 bits per heavy atom. The third kappa shape index (κ3) is 3.58. The van der Waals surface area contributed by atoms with Crippen molar-refractivity contribution >= 4 is 34.7 Å². The van der Waals surface area contributed by atoms with Gasteiger partial charge in [-0.1, -0.05) is 24.6 Å². The Morgan fingerprint density at radius 3 is 2.89 bits per heavy atom. The molecule has 2 aromatic heterocycles. The number of hydrogen-bond donors (Lipinski definition) is 2. The first-order valence-electron chi connectivity index (χ1n) is 6.31. The normalized spacial score (nSPS) is 12.2. The van der Waals surface area contributed by atoms with E-state index in [1.807, 2.05) is 6.92 Å². The summed E-state index contributed by atoms with van der Waals surface area (Å²) in [5, 5.41) is 9.08. The van der Waals surface area contributed by atoms with E-state index in [1.54, 1.807) is 17.5 Å². The molecular weight excluding hydrogens is 280 g/mol. The van der Waals surface area contributed by atoms with Gasteiger partial charge in [0.1, 0.15) is 5.02 Å². The molecule has 19 heavy (non-hydrogen) atoms. The molecule has 0 saturated heterocycles. The molecule has 2 rings (SSSR count). The second-order valence-electron chi connectivity index (χ2n) is 4.04. The number of hydrogen-bond acceptors (Lipinski definition) is 5. The van der Waals surface area contributed by atoms with Gasteiger partial charge in [-0.05, 0) is 24.8 Å². The molecule has 0 fully saturated rings. The van der Waals surface area contributed by atoms with Crippen molar-refractivity contribution in [2.24, 2.45) is 0 Å². The minimum atomic E-state index is 0.224. The zero-order valence-corrected chi connectivity index (χ0v) is 12.6. The van der Waals surface area contributed by atoms with E-state index in [4.69, 9.17) is 11.6 Å². The molecule has 1 unspecified atom stereocenters. The van der Waals surface area contributed by atoms with Crippen molar-refractivity contribution in [2.45, 2.75) is 26.3 Å². The third-order valence-electron chi connectivity index (χ3n) is 2.68. The van der Waals surface area contributed by atoms with Gasteiger partial charge in [-0.2, -0.15) is 4.98 Å². The first-order valence-corrected chi connectivity index (χ1v) is 7.56. The number of anilines is 2. The highest BCUT2D eigenvalue weighted by Gasteiger charge is 2.13. The Kier molecular flexibility index (Phi) is 4.99. The number of aromatic nitrogens is 2. The average Bonchev–Trinajstić information content (AvgIpc) is 2.93. The maximum atomic E-state index is 6.15. The quantitative estimate of drug-likeness (QED) is 0.839. The molecule has 0 amide bonds. The van der Waals surface area contributed by atoms with Crippen LogP contribution in [0.5, 0.6) is 0 Å². The Hall–Kier alpha value is -1.33. The molecule has 102 valence electrons. The summed E-state index contributed by atoms with van der Waals surface area (Å²) in [5.41, 5.74) is 0. The van der Waals surface area contributed by atoms with Crippen LogP contribution in [0.2, 0.25) is 5.02 Å². The lowest BCUT2D eigenvalue weighted by molar-refractivity contribution is 0.758. The van der Waals surface area contributed by atoms with Gasteiger partial charge < -0.3 is 10.6 Å². The van der Waals surface area contributed by atoms with E-state index in [0.717, 1.165) is 13.0 Å². The van der Waals surface area contributed by atoms with Crippen molar-refractivity contribution in [3.05, 3.63) is 33.6 Å². The minimum Gasteiger partial charge on any atom is -0.361 e. The summed E-state index contributed by atoms with van der Waals surface area (Å²) < 4.78 is 0. The Balaban J connectivity index is 2.19. The molecule has 0 aliphatic carbocycles. The van der Waals surface area contributed by atoms with Crippen molar-refractivity contribution in [2.75, 3.05) is 17.2 Å². The molecule has 2 aromatic rings. The van der Waals surface area contributed by atoms with E-state index in [1.165, 1.54) is 4.88 Å². The topological polar surface area (TPSA) is 49.8 Å². The van der Waals surface area contributed by atoms with Gasteiger partial charge >= 0.3 is 0 Å². The van der Waals surface area contributed by atoms with Crippen LogP contribution in [0.4, 0.5) is 11.8 Å². The molecule has 0 spiro atoms. The van der Waals surface area contributed by atoms with Gasteiger partial charge in [0.15, 0.2) is 5.82 Å². The Morgan fingerprint density at radius 2 is 2.26 bits per heavy atom. The predicted octanol–water partition coefficient (Wildman–Crippen LogP) is 4.19. The number of nitrogens with zero attached hydrogens (tertiary/aromatic N) is 2. The van der Waals surface area contributed by atoms with Crippen LogP contribution in [0.1, 0.15) is 31.2 Å². The maximum Gasteiger partial charge on any atom is 0.224 e. The summed E-state index contributed by atoms with van der Waals surface area (Å²) in [6.07, 6.45) is 2.59. The van der Waals surface area contributed by atoms with Crippen LogP contribution in [0.25, 0.3) is 0 Å². The summed E-state index contributed by atoms with van der Waals surface area (Å²) in [7, 11) is 0. The molecule has 2 heterocycles. The van der Waals surface area contributed by atoms with Crippen LogP contribution < -0.4 is 10.6 Å². The van der Waals surface area contributed by atoms with Gasteiger partial charge in [-0.3, -0.25) is 0 Å². The second kappa shape index (κ2) is 6.73. The number of thiophene rings is 1. The van der Waals surface area contributed by atoms with Crippen LogP contribution in [0, 0.1) is 0 Å². The highest BCUT2D eigenvalue weighted by atomic mass is 35.5. The highest BCUT2D eigenvalue weighted by molar-refractivity contribution is 7.10. The van der Waals surface area contributed by atoms with E-state index >= 15 is 0 Å². The van der Waals surface area contributed by atoms with Gasteiger partial charge in [-0.15, -0.1) is 11.3 Å². The zero-order valence-electron chi connectivity index (χ0n) is 11.0. The van der Waals surface area contributed by atoms with Gasteiger partial charge in [0.2, 0.25) is 5.95 Å². The first kappa shape index (κ1) is 14.1. The smallest absolute Gasteiger partial charge is 0.224 e.